The molecule has 1 fully saturated rings. The van der Waals surface area contributed by atoms with Crippen LogP contribution in [0.4, 0.5) is 4.79 Å². The van der Waals surface area contributed by atoms with Gasteiger partial charge >= 0.3 is 6.09 Å². The maximum Gasteiger partial charge on any atom is 0.409 e. The van der Waals surface area contributed by atoms with Crippen LogP contribution in [0.2, 0.25) is 0 Å². The summed E-state index contributed by atoms with van der Waals surface area (Å²) in [6, 6.07) is 5.97. The predicted molar refractivity (Wildman–Crippen MR) is 101 cm³/mol. The topological polar surface area (TPSA) is 96.0 Å². The molecule has 1 saturated heterocycles. The highest BCUT2D eigenvalue weighted by Crippen LogP contribution is 2.19. The van der Waals surface area contributed by atoms with Crippen molar-refractivity contribution in [3.05, 3.63) is 29.8 Å². The average Bonchev–Trinajstić information content (AvgIpc) is 2.68. The minimum absolute atomic E-state index is 0.0524. The van der Waals surface area contributed by atoms with Crippen molar-refractivity contribution < 1.29 is 22.7 Å². The van der Waals surface area contributed by atoms with Crippen molar-refractivity contribution in [3.8, 4) is 0 Å². The van der Waals surface area contributed by atoms with E-state index in [4.69, 9.17) is 4.74 Å². The maximum atomic E-state index is 12.8. The summed E-state index contributed by atoms with van der Waals surface area (Å²) in [7, 11) is -3.67. The van der Waals surface area contributed by atoms with Crippen molar-refractivity contribution >= 4 is 22.0 Å². The van der Waals surface area contributed by atoms with Gasteiger partial charge in [0.25, 0.3) is 5.91 Å². The number of sulfonamides is 1. The molecule has 27 heavy (non-hydrogen) atoms. The van der Waals surface area contributed by atoms with E-state index in [1.807, 2.05) is 13.8 Å². The van der Waals surface area contributed by atoms with Crippen LogP contribution in [-0.2, 0) is 14.8 Å². The molecular weight excluding hydrogens is 370 g/mol. The minimum atomic E-state index is -3.67. The normalized spacial score (nSPS) is 16.6. The van der Waals surface area contributed by atoms with Gasteiger partial charge in [0, 0.05) is 37.8 Å². The fourth-order valence-corrected chi connectivity index (χ4v) is 4.08. The first-order valence-corrected chi connectivity index (χ1v) is 10.6. The largest absolute Gasteiger partial charge is 0.450 e. The zero-order chi connectivity index (χ0) is 20.0. The lowest BCUT2D eigenvalue weighted by Gasteiger charge is -2.33. The molecule has 0 saturated carbocycles. The molecule has 9 heteroatoms. The summed E-state index contributed by atoms with van der Waals surface area (Å²) in [5.74, 6) is -0.226. The standard InChI is InChI=1S/C18H27N3O5S/c1-4-14(3)19-17(22)15-6-8-16(9-7-15)27(24,25)21-12-10-20(11-13-21)18(23)26-5-2/h6-9,14H,4-5,10-13H2,1-3H3,(H,19,22). The van der Waals surface area contributed by atoms with E-state index in [-0.39, 0.29) is 49.6 Å². The molecule has 1 unspecified atom stereocenters. The van der Waals surface area contributed by atoms with Gasteiger partial charge in [-0.2, -0.15) is 4.31 Å². The highest BCUT2D eigenvalue weighted by Gasteiger charge is 2.30. The van der Waals surface area contributed by atoms with Crippen LogP contribution in [0.3, 0.4) is 0 Å². The van der Waals surface area contributed by atoms with Crippen LogP contribution in [0.5, 0.6) is 0 Å². The summed E-state index contributed by atoms with van der Waals surface area (Å²) in [5, 5.41) is 2.85. The Bertz CT molecular complexity index is 756. The molecule has 1 aliphatic heterocycles. The first kappa shape index (κ1) is 21.2. The van der Waals surface area contributed by atoms with E-state index in [0.717, 1.165) is 6.42 Å². The Hall–Kier alpha value is -2.13. The summed E-state index contributed by atoms with van der Waals surface area (Å²) in [4.78, 5) is 25.5. The smallest absolute Gasteiger partial charge is 0.409 e. The van der Waals surface area contributed by atoms with Gasteiger partial charge in [0.05, 0.1) is 11.5 Å². The summed E-state index contributed by atoms with van der Waals surface area (Å²) in [5.41, 5.74) is 0.418. The second-order valence-electron chi connectivity index (χ2n) is 6.40. The maximum absolute atomic E-state index is 12.8. The number of hydrogen-bond donors (Lipinski definition) is 1. The number of piperazine rings is 1. The van der Waals surface area contributed by atoms with Gasteiger partial charge in [-0.25, -0.2) is 13.2 Å². The number of amides is 2. The number of ether oxygens (including phenoxy) is 1. The summed E-state index contributed by atoms with van der Waals surface area (Å²) in [6.07, 6.45) is 0.391. The average molecular weight is 397 g/mol. The Labute approximate surface area is 160 Å². The van der Waals surface area contributed by atoms with Crippen molar-refractivity contribution in [2.45, 2.75) is 38.1 Å². The number of carbonyl (C=O) groups excluding carboxylic acids is 2. The van der Waals surface area contributed by atoms with Gasteiger partial charge in [0.2, 0.25) is 10.0 Å². The van der Waals surface area contributed by atoms with Gasteiger partial charge in [-0.3, -0.25) is 4.79 Å². The van der Waals surface area contributed by atoms with Crippen molar-refractivity contribution in [2.75, 3.05) is 32.8 Å². The molecule has 1 aromatic rings. The summed E-state index contributed by atoms with van der Waals surface area (Å²) in [6.45, 7) is 6.88. The highest BCUT2D eigenvalue weighted by atomic mass is 32.2. The lowest BCUT2D eigenvalue weighted by Crippen LogP contribution is -2.50. The van der Waals surface area contributed by atoms with E-state index in [2.05, 4.69) is 5.32 Å². The molecule has 1 heterocycles. The fraction of sp³-hybridized carbons (Fsp3) is 0.556. The van der Waals surface area contributed by atoms with Crippen LogP contribution in [0.1, 0.15) is 37.6 Å². The number of hydrogen-bond acceptors (Lipinski definition) is 5. The SMILES string of the molecule is CCOC(=O)N1CCN(S(=O)(=O)c2ccc(C(=O)NC(C)CC)cc2)CC1. The highest BCUT2D eigenvalue weighted by molar-refractivity contribution is 7.89. The van der Waals surface area contributed by atoms with Crippen molar-refractivity contribution in [2.24, 2.45) is 0 Å². The number of benzene rings is 1. The number of rotatable bonds is 6. The molecule has 2 amide bonds. The lowest BCUT2D eigenvalue weighted by atomic mass is 10.2. The first-order valence-electron chi connectivity index (χ1n) is 9.12. The molecule has 1 aromatic carbocycles. The van der Waals surface area contributed by atoms with Crippen LogP contribution in [0, 0.1) is 0 Å². The molecule has 0 aromatic heterocycles. The fourth-order valence-electron chi connectivity index (χ4n) is 2.66. The number of nitrogens with zero attached hydrogens (tertiary/aromatic N) is 2. The molecule has 1 N–H and O–H groups in total. The van der Waals surface area contributed by atoms with Gasteiger partial charge < -0.3 is 15.0 Å². The van der Waals surface area contributed by atoms with Gasteiger partial charge in [-0.15, -0.1) is 0 Å². The molecule has 2 rings (SSSR count). The molecule has 0 radical (unpaired) electrons. The minimum Gasteiger partial charge on any atom is -0.450 e. The first-order chi connectivity index (χ1) is 12.8. The van der Waals surface area contributed by atoms with Crippen molar-refractivity contribution in [3.63, 3.8) is 0 Å². The zero-order valence-corrected chi connectivity index (χ0v) is 16.8. The van der Waals surface area contributed by atoms with Crippen LogP contribution in [-0.4, -0.2) is 68.5 Å². The second-order valence-corrected chi connectivity index (χ2v) is 8.34. The Morgan fingerprint density at radius 2 is 1.70 bits per heavy atom. The molecule has 8 nitrogen and oxygen atoms in total. The predicted octanol–water partition coefficient (Wildman–Crippen LogP) is 1.68. The summed E-state index contributed by atoms with van der Waals surface area (Å²) < 4.78 is 31.9. The van der Waals surface area contributed by atoms with E-state index in [9.17, 15) is 18.0 Å². The van der Waals surface area contributed by atoms with E-state index in [0.29, 0.717) is 5.56 Å². The van der Waals surface area contributed by atoms with Gasteiger partial charge in [0.1, 0.15) is 0 Å². The third-order valence-electron chi connectivity index (χ3n) is 4.51. The Kier molecular flexibility index (Phi) is 7.20. The van der Waals surface area contributed by atoms with Crippen molar-refractivity contribution in [1.82, 2.24) is 14.5 Å². The molecule has 0 bridgehead atoms. The molecule has 1 aliphatic rings. The Morgan fingerprint density at radius 1 is 1.11 bits per heavy atom. The molecule has 1 atom stereocenters. The molecule has 150 valence electrons. The second kappa shape index (κ2) is 9.18. The van der Waals surface area contributed by atoms with Crippen LogP contribution in [0.15, 0.2) is 29.2 Å². The van der Waals surface area contributed by atoms with E-state index < -0.39 is 16.1 Å². The van der Waals surface area contributed by atoms with Gasteiger partial charge in [-0.1, -0.05) is 6.92 Å². The quantitative estimate of drug-likeness (QED) is 0.788. The van der Waals surface area contributed by atoms with E-state index in [1.54, 1.807) is 6.92 Å². The number of carbonyl (C=O) groups is 2. The monoisotopic (exact) mass is 397 g/mol. The molecular formula is C18H27N3O5S. The van der Waals surface area contributed by atoms with Crippen LogP contribution in [0.25, 0.3) is 0 Å². The Balaban J connectivity index is 2.03. The molecule has 0 spiro atoms. The van der Waals surface area contributed by atoms with Crippen LogP contribution >= 0.6 is 0 Å². The van der Waals surface area contributed by atoms with Crippen LogP contribution < -0.4 is 5.32 Å². The zero-order valence-electron chi connectivity index (χ0n) is 16.0. The lowest BCUT2D eigenvalue weighted by molar-refractivity contribution is 0.0930. The third kappa shape index (κ3) is 5.20. The number of nitrogens with one attached hydrogen (secondary N) is 1. The summed E-state index contributed by atoms with van der Waals surface area (Å²) >= 11 is 0. The van der Waals surface area contributed by atoms with Gasteiger partial charge in [-0.05, 0) is 44.5 Å². The van der Waals surface area contributed by atoms with Crippen molar-refractivity contribution in [1.29, 1.82) is 0 Å². The van der Waals surface area contributed by atoms with Gasteiger partial charge in [0.15, 0.2) is 0 Å². The van der Waals surface area contributed by atoms with E-state index in [1.165, 1.54) is 33.5 Å². The third-order valence-corrected chi connectivity index (χ3v) is 6.42. The van der Waals surface area contributed by atoms with E-state index >= 15 is 0 Å². The Morgan fingerprint density at radius 3 is 2.22 bits per heavy atom. The molecule has 0 aliphatic carbocycles.